The van der Waals surface area contributed by atoms with Gasteiger partial charge >= 0.3 is 0 Å². The van der Waals surface area contributed by atoms with E-state index in [0.717, 1.165) is 19.3 Å². The van der Waals surface area contributed by atoms with Crippen LogP contribution in [0.1, 0.15) is 81.8 Å². The minimum atomic E-state index is -0.827. The third-order valence-electron chi connectivity index (χ3n) is 4.76. The topological polar surface area (TPSA) is 119 Å². The molecule has 0 radical (unpaired) electrons. The average molecular weight is 785 g/mol. The van der Waals surface area contributed by atoms with E-state index in [-0.39, 0.29) is 45.4 Å². The maximum absolute atomic E-state index is 11.8. The Morgan fingerprint density at radius 3 is 1.72 bits per heavy atom. The molecule has 0 fully saturated rings. The number of Topliss-reactive ketones (excluding diaryl/α,β-unsaturated/α-hetero) is 1. The fraction of sp³-hybridized carbons (Fsp3) is 0.297. The van der Waals surface area contributed by atoms with Gasteiger partial charge in [-0.25, -0.2) is 0 Å². The molecule has 1 aromatic carbocycles. The number of carbonyl (C=O) groups excluding carboxylic acids is 2. The number of anilines is 1. The predicted octanol–water partition coefficient (Wildman–Crippen LogP) is 8.90. The smallest absolute Gasteiger partial charge is 0.295 e. The molecular formula is C37H54ClIN2O6. The van der Waals surface area contributed by atoms with Crippen LogP contribution in [0.4, 0.5) is 5.69 Å². The second-order valence-corrected chi connectivity index (χ2v) is 9.36. The van der Waals surface area contributed by atoms with Gasteiger partial charge < -0.3 is 15.3 Å². The molecule has 8 nitrogen and oxygen atoms in total. The van der Waals surface area contributed by atoms with Gasteiger partial charge in [0.05, 0.1) is 12.1 Å². The molecule has 0 saturated heterocycles. The molecule has 0 aliphatic rings. The van der Waals surface area contributed by atoms with E-state index in [4.69, 9.17) is 24.4 Å². The Labute approximate surface area is 314 Å². The summed E-state index contributed by atoms with van der Waals surface area (Å²) >= 11 is 7.55. The van der Waals surface area contributed by atoms with Crippen LogP contribution in [-0.4, -0.2) is 26.5 Å². The van der Waals surface area contributed by atoms with E-state index in [1.807, 2.05) is 0 Å². The fourth-order valence-electron chi connectivity index (χ4n) is 2.84. The lowest BCUT2D eigenvalue weighted by molar-refractivity contribution is -0.751. The second kappa shape index (κ2) is 33.3. The molecule has 0 bridgehead atoms. The molecule has 0 saturated carbocycles. The van der Waals surface area contributed by atoms with Gasteiger partial charge in [0.1, 0.15) is 16.1 Å². The van der Waals surface area contributed by atoms with Crippen molar-refractivity contribution in [1.29, 1.82) is 0 Å². The van der Waals surface area contributed by atoms with Crippen LogP contribution in [0.5, 0.6) is 5.75 Å². The van der Waals surface area contributed by atoms with Crippen LogP contribution in [-0.2, 0) is 14.4 Å². The minimum absolute atomic E-state index is 0. The van der Waals surface area contributed by atoms with Crippen molar-refractivity contribution in [3.8, 4) is 113 Å². The lowest BCUT2D eigenvalue weighted by Crippen LogP contribution is -2.16. The summed E-state index contributed by atoms with van der Waals surface area (Å²) in [5.41, 5.74) is 0.228. The van der Waals surface area contributed by atoms with Crippen molar-refractivity contribution < 1.29 is 41.7 Å². The van der Waals surface area contributed by atoms with Crippen molar-refractivity contribution in [2.45, 2.75) is 64.7 Å². The first-order valence-corrected chi connectivity index (χ1v) is 15.7. The second-order valence-electron chi connectivity index (χ2n) is 8.30. The highest BCUT2D eigenvalue weighted by Crippen LogP contribution is 2.26. The van der Waals surface area contributed by atoms with Gasteiger partial charge in [-0.2, -0.15) is 0 Å². The van der Waals surface area contributed by atoms with E-state index >= 15 is 0 Å². The van der Waals surface area contributed by atoms with Gasteiger partial charge in [-0.15, -0.1) is 23.0 Å². The Hall–Kier alpha value is -5.58. The molecule has 0 spiro atoms. The summed E-state index contributed by atoms with van der Waals surface area (Å²) in [7, 11) is 0. The van der Waals surface area contributed by atoms with Gasteiger partial charge in [-0.05, 0) is 119 Å². The van der Waals surface area contributed by atoms with E-state index in [1.54, 1.807) is 22.6 Å². The highest BCUT2D eigenvalue weighted by molar-refractivity contribution is 14.1. The van der Waals surface area contributed by atoms with Crippen LogP contribution in [0, 0.1) is 118 Å². The number of nitrogens with one attached hydrogen (secondary N) is 1. The summed E-state index contributed by atoms with van der Waals surface area (Å²) in [6.07, 6.45) is 18.0. The molecule has 0 aliphatic carbocycles. The van der Waals surface area contributed by atoms with Gasteiger partial charge in [0.2, 0.25) is 5.91 Å². The summed E-state index contributed by atoms with van der Waals surface area (Å²) in [6, 6.07) is 4.38. The largest absolute Gasteiger partial charge is 0.506 e. The molecule has 1 amide bonds. The first-order chi connectivity index (χ1) is 22.7. The summed E-state index contributed by atoms with van der Waals surface area (Å²) in [5, 5.41) is 20.9. The predicted molar refractivity (Wildman–Crippen MR) is 218 cm³/mol. The third-order valence-corrected chi connectivity index (χ3v) is 5.27. The highest BCUT2D eigenvalue weighted by Gasteiger charge is 2.11. The van der Waals surface area contributed by atoms with Crippen LogP contribution in [0.15, 0.2) is 18.2 Å². The highest BCUT2D eigenvalue weighted by atomic mass is 127. The summed E-state index contributed by atoms with van der Waals surface area (Å²) in [4.78, 5) is 36.5. The normalized spacial score (nSPS) is 7.51. The van der Waals surface area contributed by atoms with Gasteiger partial charge in [0.15, 0.2) is 0 Å². The number of phenols is 1. The first kappa shape index (κ1) is 43.5. The molecule has 1 rings (SSSR count). The zero-order valence-corrected chi connectivity index (χ0v) is 28.6. The summed E-state index contributed by atoms with van der Waals surface area (Å²) in [5.74, 6) is 37.7. The molecule has 0 aliphatic heterocycles. The average Bonchev–Trinajstić information content (AvgIpc) is 3.03. The number of terminal acetylenes is 2. The van der Waals surface area contributed by atoms with E-state index in [0.29, 0.717) is 11.4 Å². The van der Waals surface area contributed by atoms with Crippen molar-refractivity contribution in [1.82, 2.24) is 0 Å². The maximum Gasteiger partial charge on any atom is 0.295 e. The van der Waals surface area contributed by atoms with Gasteiger partial charge in [-0.1, -0.05) is 79.6 Å². The number of hydrogen-bond donors (Lipinski definition) is 2. The lowest BCUT2D eigenvalue weighted by Gasteiger charge is -2.07. The van der Waals surface area contributed by atoms with Crippen LogP contribution < -0.4 is 5.32 Å². The molecule has 0 atom stereocenters. The summed E-state index contributed by atoms with van der Waals surface area (Å²) in [6.45, 7) is 2.19. The van der Waals surface area contributed by atoms with Gasteiger partial charge in [0.25, 0.3) is 5.09 Å². The molecular weight excluding hydrogens is 731 g/mol. The molecule has 0 aromatic heterocycles. The molecule has 262 valence electrons. The molecule has 2 N–H and O–H groups in total. The third kappa shape index (κ3) is 33.2. The van der Waals surface area contributed by atoms with Crippen molar-refractivity contribution in [2.75, 3.05) is 9.93 Å². The van der Waals surface area contributed by atoms with Crippen LogP contribution in [0.25, 0.3) is 0 Å². The van der Waals surface area contributed by atoms with Crippen LogP contribution >= 0.6 is 34.2 Å². The Bertz CT molecular complexity index is 1690. The van der Waals surface area contributed by atoms with E-state index < -0.39 is 11.0 Å². The standard InChI is InChI=1S/C18H26ClNO3.C18H2.CH2INO3.12H2/c1-2-3-4-5-6-7-8-9-15(21)13-18(23)20-16-12-14(19)10-11-17(16)22;1-3-5-7-9-11-13-15-17-18-16-14-12-10-8-6-4-2;2-1-6-3(4)5;;;;;;;;;;;;/h10-12,22H,2-9,13H2,1H3,(H,20,23);1-2H;1H2;12*1H. The zero-order valence-electron chi connectivity index (χ0n) is 25.6. The Balaban J connectivity index is -0.0000000430. The maximum atomic E-state index is 11.8. The fourth-order valence-corrected chi connectivity index (χ4v) is 3.24. The first-order valence-electron chi connectivity index (χ1n) is 13.8. The minimum Gasteiger partial charge on any atom is -0.506 e. The zero-order chi connectivity index (χ0) is 35.4. The Kier molecular flexibility index (Phi) is 30.9. The molecule has 0 heterocycles. The number of unbranched alkanes of at least 4 members (excludes halogenated alkanes) is 6. The number of phenolic OH excluding ortho intramolecular Hbond substituents is 1. The van der Waals surface area contributed by atoms with E-state index in [1.165, 1.54) is 43.9 Å². The molecule has 47 heavy (non-hydrogen) atoms. The van der Waals surface area contributed by atoms with Gasteiger partial charge in [0, 0.05) is 28.6 Å². The van der Waals surface area contributed by atoms with Crippen molar-refractivity contribution >= 4 is 51.6 Å². The van der Waals surface area contributed by atoms with Crippen molar-refractivity contribution in [3.63, 3.8) is 0 Å². The number of ketones is 1. The monoisotopic (exact) mass is 784 g/mol. The number of rotatable bonds is 13. The van der Waals surface area contributed by atoms with Crippen LogP contribution in [0.3, 0.4) is 0 Å². The van der Waals surface area contributed by atoms with E-state index in [2.05, 4.69) is 112 Å². The van der Waals surface area contributed by atoms with Gasteiger partial charge in [-0.3, -0.25) is 9.59 Å². The number of alkyl halides is 1. The molecule has 0 unspecified atom stereocenters. The van der Waals surface area contributed by atoms with Crippen LogP contribution in [0.2, 0.25) is 5.02 Å². The number of aromatic hydroxyl groups is 1. The Morgan fingerprint density at radius 2 is 1.32 bits per heavy atom. The number of benzene rings is 1. The molecule has 1 aromatic rings. The number of nitrogens with zero attached hydrogens (tertiary/aromatic N) is 1. The number of carbonyl (C=O) groups is 2. The van der Waals surface area contributed by atoms with Crippen molar-refractivity contribution in [2.24, 2.45) is 0 Å². The van der Waals surface area contributed by atoms with Crippen molar-refractivity contribution in [3.05, 3.63) is 33.3 Å². The lowest BCUT2D eigenvalue weighted by atomic mass is 10.1. The summed E-state index contributed by atoms with van der Waals surface area (Å²) < 4.78 is 0.102. The Morgan fingerprint density at radius 1 is 0.872 bits per heavy atom. The number of halogens is 2. The molecule has 10 heteroatoms. The number of hydrogen-bond acceptors (Lipinski definition) is 6. The SMILES string of the molecule is C#CC#CC#CC#CC#CC#CC#CC#CC#C.CCCCCCCCCC(=O)CC(=O)Nc1cc(Cl)ccc1O.O=[N+]([O-])OCI.[HH].[HH].[HH].[HH].[HH].[HH].[HH].[HH].[HH].[HH].[HH].[HH]. The quantitative estimate of drug-likeness (QED) is 0.0302. The number of amides is 1. The van der Waals surface area contributed by atoms with E-state index in [9.17, 15) is 24.8 Å².